The van der Waals surface area contributed by atoms with Crippen molar-refractivity contribution in [2.75, 3.05) is 97.8 Å². The van der Waals surface area contributed by atoms with E-state index in [0.717, 1.165) is 6.07 Å². The van der Waals surface area contributed by atoms with Crippen LogP contribution in [0, 0.1) is 20.2 Å². The first-order valence-corrected chi connectivity index (χ1v) is 10.8. The second-order valence-corrected chi connectivity index (χ2v) is 6.54. The minimum atomic E-state index is -0.683. The summed E-state index contributed by atoms with van der Waals surface area (Å²) in [4.78, 5) is 20.5. The van der Waals surface area contributed by atoms with E-state index < -0.39 is 9.85 Å². The molecule has 0 bridgehead atoms. The highest BCUT2D eigenvalue weighted by Gasteiger charge is 2.18. The predicted octanol–water partition coefficient (Wildman–Crippen LogP) is 1.01. The molecule has 0 atom stereocenters. The molecule has 0 heterocycles. The molecule has 194 valence electrons. The fraction of sp³-hybridized carbons (Fsp3) is 0.700. The number of nitro benzene ring substituents is 2. The summed E-state index contributed by atoms with van der Waals surface area (Å²) in [5.41, 5.74) is -0.519. The van der Waals surface area contributed by atoms with Crippen LogP contribution in [0.4, 0.5) is 17.1 Å². The Hall–Kier alpha value is -2.46. The van der Waals surface area contributed by atoms with E-state index in [1.165, 1.54) is 12.1 Å². The zero-order valence-corrected chi connectivity index (χ0v) is 19.1. The van der Waals surface area contributed by atoms with Crippen LogP contribution in [0.25, 0.3) is 0 Å². The SMILES string of the molecule is O=[N+]([O-])c1ccc(NCCOCCOCCOCCOCCOCCOCCO)c([N+](=O)[O-])c1. The number of aliphatic hydroxyl groups is 1. The summed E-state index contributed by atoms with van der Waals surface area (Å²) in [6.07, 6.45) is 0. The maximum absolute atomic E-state index is 11.1. The molecule has 0 fully saturated rings. The third-order valence-electron chi connectivity index (χ3n) is 4.05. The predicted molar refractivity (Wildman–Crippen MR) is 120 cm³/mol. The molecular formula is C20H33N3O11. The summed E-state index contributed by atoms with van der Waals surface area (Å²) in [5, 5.41) is 33.2. The molecule has 0 aliphatic carbocycles. The van der Waals surface area contributed by atoms with Crippen LogP contribution < -0.4 is 5.32 Å². The highest BCUT2D eigenvalue weighted by atomic mass is 16.6. The Bertz CT molecular complexity index is 694. The molecule has 1 aromatic rings. The van der Waals surface area contributed by atoms with Gasteiger partial charge in [0.25, 0.3) is 11.4 Å². The standard InChI is InChI=1S/C20H33N3O11/c24-4-6-30-8-10-32-12-14-34-16-15-33-13-11-31-9-7-29-5-3-21-19-2-1-18(22(25)26)17-20(19)23(27)28/h1-2,17,21,24H,3-16H2. The van der Waals surface area contributed by atoms with Gasteiger partial charge in [0.05, 0.1) is 102 Å². The lowest BCUT2D eigenvalue weighted by Crippen LogP contribution is -2.15. The first kappa shape index (κ1) is 29.6. The highest BCUT2D eigenvalue weighted by molar-refractivity contribution is 5.65. The van der Waals surface area contributed by atoms with E-state index in [0.29, 0.717) is 79.2 Å². The second kappa shape index (κ2) is 20.0. The Kier molecular flexibility index (Phi) is 17.4. The molecule has 0 saturated carbocycles. The Balaban J connectivity index is 1.90. The summed E-state index contributed by atoms with van der Waals surface area (Å²) in [6, 6.07) is 3.42. The monoisotopic (exact) mass is 491 g/mol. The minimum Gasteiger partial charge on any atom is -0.394 e. The topological polar surface area (TPSA) is 174 Å². The molecule has 14 nitrogen and oxygen atoms in total. The summed E-state index contributed by atoms with van der Waals surface area (Å²) in [7, 11) is 0. The van der Waals surface area contributed by atoms with Crippen molar-refractivity contribution in [1.29, 1.82) is 0 Å². The summed E-state index contributed by atoms with van der Waals surface area (Å²) >= 11 is 0. The molecule has 0 saturated heterocycles. The number of nitro groups is 2. The van der Waals surface area contributed by atoms with Gasteiger partial charge in [0.15, 0.2) is 0 Å². The molecule has 0 unspecified atom stereocenters. The number of nitrogens with one attached hydrogen (secondary N) is 1. The van der Waals surface area contributed by atoms with Crippen LogP contribution in [-0.2, 0) is 28.4 Å². The molecule has 0 aliphatic rings. The lowest BCUT2D eigenvalue weighted by Gasteiger charge is -2.09. The van der Waals surface area contributed by atoms with Gasteiger partial charge in [0.1, 0.15) is 5.69 Å². The van der Waals surface area contributed by atoms with Crippen LogP contribution in [0.5, 0.6) is 0 Å². The molecule has 34 heavy (non-hydrogen) atoms. The quantitative estimate of drug-likeness (QED) is 0.126. The number of aliphatic hydroxyl groups excluding tert-OH is 1. The lowest BCUT2D eigenvalue weighted by molar-refractivity contribution is -0.393. The summed E-state index contributed by atoms with van der Waals surface area (Å²) in [6.45, 7) is 5.17. The van der Waals surface area contributed by atoms with Gasteiger partial charge in [0.2, 0.25) is 0 Å². The van der Waals surface area contributed by atoms with Crippen molar-refractivity contribution >= 4 is 17.1 Å². The maximum atomic E-state index is 11.1. The van der Waals surface area contributed by atoms with Crippen molar-refractivity contribution in [2.45, 2.75) is 0 Å². The number of non-ortho nitro benzene ring substituents is 1. The first-order valence-electron chi connectivity index (χ1n) is 10.8. The van der Waals surface area contributed by atoms with Crippen LogP contribution in [0.3, 0.4) is 0 Å². The van der Waals surface area contributed by atoms with Gasteiger partial charge in [-0.2, -0.15) is 0 Å². The van der Waals surface area contributed by atoms with E-state index in [1.54, 1.807) is 0 Å². The number of rotatable bonds is 23. The minimum absolute atomic E-state index is 0.00341. The number of ether oxygens (including phenoxy) is 6. The van der Waals surface area contributed by atoms with Crippen LogP contribution >= 0.6 is 0 Å². The van der Waals surface area contributed by atoms with Gasteiger partial charge >= 0.3 is 0 Å². The average Bonchev–Trinajstić information content (AvgIpc) is 2.82. The van der Waals surface area contributed by atoms with Gasteiger partial charge in [0, 0.05) is 12.6 Å². The zero-order chi connectivity index (χ0) is 24.9. The van der Waals surface area contributed by atoms with E-state index >= 15 is 0 Å². The van der Waals surface area contributed by atoms with Gasteiger partial charge < -0.3 is 38.8 Å². The zero-order valence-electron chi connectivity index (χ0n) is 19.1. The third-order valence-corrected chi connectivity index (χ3v) is 4.05. The van der Waals surface area contributed by atoms with Crippen LogP contribution in [0.2, 0.25) is 0 Å². The molecule has 1 rings (SSSR count). The van der Waals surface area contributed by atoms with E-state index in [1.807, 2.05) is 0 Å². The van der Waals surface area contributed by atoms with Crippen molar-refractivity contribution in [3.63, 3.8) is 0 Å². The van der Waals surface area contributed by atoms with E-state index in [-0.39, 0.29) is 30.3 Å². The molecule has 2 N–H and O–H groups in total. The van der Waals surface area contributed by atoms with E-state index in [4.69, 9.17) is 33.5 Å². The third kappa shape index (κ3) is 14.6. The van der Waals surface area contributed by atoms with Gasteiger partial charge in [-0.3, -0.25) is 20.2 Å². The Morgan fingerprint density at radius 2 is 1.12 bits per heavy atom. The Labute approximate surface area is 197 Å². The maximum Gasteiger partial charge on any atom is 0.299 e. The van der Waals surface area contributed by atoms with Crippen molar-refractivity contribution in [2.24, 2.45) is 0 Å². The second-order valence-electron chi connectivity index (χ2n) is 6.54. The van der Waals surface area contributed by atoms with Gasteiger partial charge in [-0.05, 0) is 6.07 Å². The lowest BCUT2D eigenvalue weighted by atomic mass is 10.2. The molecule has 0 amide bonds. The van der Waals surface area contributed by atoms with Gasteiger partial charge in [-0.1, -0.05) is 0 Å². The van der Waals surface area contributed by atoms with Crippen molar-refractivity contribution in [1.82, 2.24) is 0 Å². The fourth-order valence-electron chi connectivity index (χ4n) is 2.46. The Morgan fingerprint density at radius 1 is 0.676 bits per heavy atom. The van der Waals surface area contributed by atoms with Crippen molar-refractivity contribution < 1.29 is 43.4 Å². The molecule has 14 heteroatoms. The van der Waals surface area contributed by atoms with Crippen LogP contribution in [-0.4, -0.2) is 107 Å². The van der Waals surface area contributed by atoms with Crippen molar-refractivity contribution in [3.8, 4) is 0 Å². The number of nitrogens with zero attached hydrogens (tertiary/aromatic N) is 2. The fourth-order valence-corrected chi connectivity index (χ4v) is 2.46. The smallest absolute Gasteiger partial charge is 0.299 e. The molecule has 0 radical (unpaired) electrons. The molecule has 0 aromatic heterocycles. The van der Waals surface area contributed by atoms with Crippen molar-refractivity contribution in [3.05, 3.63) is 38.4 Å². The van der Waals surface area contributed by atoms with Gasteiger partial charge in [-0.25, -0.2) is 0 Å². The summed E-state index contributed by atoms with van der Waals surface area (Å²) in [5.74, 6) is 0. The molecule has 1 aromatic carbocycles. The Morgan fingerprint density at radius 3 is 1.53 bits per heavy atom. The molecule has 0 spiro atoms. The number of hydrogen-bond donors (Lipinski definition) is 2. The number of benzene rings is 1. The van der Waals surface area contributed by atoms with Crippen LogP contribution in [0.1, 0.15) is 0 Å². The van der Waals surface area contributed by atoms with E-state index in [9.17, 15) is 20.2 Å². The number of anilines is 1. The van der Waals surface area contributed by atoms with Gasteiger partial charge in [-0.15, -0.1) is 0 Å². The molecular weight excluding hydrogens is 458 g/mol. The highest BCUT2D eigenvalue weighted by Crippen LogP contribution is 2.28. The first-order chi connectivity index (χ1) is 16.6. The molecule has 0 aliphatic heterocycles. The summed E-state index contributed by atoms with van der Waals surface area (Å²) < 4.78 is 31.8. The van der Waals surface area contributed by atoms with E-state index in [2.05, 4.69) is 5.32 Å². The average molecular weight is 491 g/mol. The normalized spacial score (nSPS) is 11.0. The largest absolute Gasteiger partial charge is 0.394 e. The number of hydrogen-bond acceptors (Lipinski definition) is 12. The van der Waals surface area contributed by atoms with Crippen LogP contribution in [0.15, 0.2) is 18.2 Å².